The number of hydrogen-bond donors (Lipinski definition) is 1. The highest BCUT2D eigenvalue weighted by atomic mass is 35.5. The van der Waals surface area contributed by atoms with Crippen molar-refractivity contribution in [3.05, 3.63) is 29.3 Å². The zero-order valence-electron chi connectivity index (χ0n) is 11.0. The van der Waals surface area contributed by atoms with Crippen molar-refractivity contribution >= 4 is 33.2 Å². The molecule has 19 heavy (non-hydrogen) atoms. The first kappa shape index (κ1) is 13.3. The van der Waals surface area contributed by atoms with Gasteiger partial charge in [0.1, 0.15) is 5.01 Å². The van der Waals surface area contributed by atoms with Crippen LogP contribution in [0.3, 0.4) is 0 Å². The van der Waals surface area contributed by atoms with Crippen molar-refractivity contribution in [2.75, 3.05) is 5.88 Å². The summed E-state index contributed by atoms with van der Waals surface area (Å²) in [6.07, 6.45) is 6.32. The van der Waals surface area contributed by atoms with Gasteiger partial charge in [0, 0.05) is 18.0 Å². The van der Waals surface area contributed by atoms with Gasteiger partial charge in [0.15, 0.2) is 0 Å². The lowest BCUT2D eigenvalue weighted by molar-refractivity contribution is 0.256. The second kappa shape index (κ2) is 5.78. The van der Waals surface area contributed by atoms with Crippen LogP contribution in [0.15, 0.2) is 24.3 Å². The maximum absolute atomic E-state index is 6.20. The predicted octanol–water partition coefficient (Wildman–Crippen LogP) is 4.33. The highest BCUT2D eigenvalue weighted by Crippen LogP contribution is 2.30. The Morgan fingerprint density at radius 1 is 1.21 bits per heavy atom. The van der Waals surface area contributed by atoms with Crippen LogP contribution in [0.4, 0.5) is 0 Å². The van der Waals surface area contributed by atoms with Gasteiger partial charge >= 0.3 is 0 Å². The number of nitrogens with zero attached hydrogens (tertiary/aromatic N) is 1. The molecule has 1 fully saturated rings. The molecular weight excluding hydrogens is 276 g/mol. The Hall–Kier alpha value is -0.640. The number of rotatable bonds is 4. The van der Waals surface area contributed by atoms with E-state index in [0.29, 0.717) is 5.88 Å². The molecule has 0 aliphatic heterocycles. The van der Waals surface area contributed by atoms with Crippen molar-refractivity contribution in [3.63, 3.8) is 0 Å². The molecule has 0 saturated heterocycles. The number of thiazole rings is 1. The first-order chi connectivity index (χ1) is 9.31. The maximum atomic E-state index is 6.20. The summed E-state index contributed by atoms with van der Waals surface area (Å²) >= 11 is 7.98. The van der Waals surface area contributed by atoms with Crippen LogP contribution in [0.2, 0.25) is 0 Å². The van der Waals surface area contributed by atoms with Crippen LogP contribution in [-0.2, 0) is 6.54 Å². The summed E-state index contributed by atoms with van der Waals surface area (Å²) < 4.78 is 1.27. The van der Waals surface area contributed by atoms with Crippen LogP contribution in [0.5, 0.6) is 0 Å². The lowest BCUT2D eigenvalue weighted by Gasteiger charge is -2.36. The van der Waals surface area contributed by atoms with E-state index in [1.165, 1.54) is 36.8 Å². The maximum Gasteiger partial charge on any atom is 0.108 e. The van der Waals surface area contributed by atoms with E-state index in [0.717, 1.165) is 17.1 Å². The van der Waals surface area contributed by atoms with Gasteiger partial charge in [0.2, 0.25) is 0 Å². The molecule has 102 valence electrons. The average molecular weight is 295 g/mol. The van der Waals surface area contributed by atoms with Crippen molar-refractivity contribution in [2.45, 2.75) is 44.2 Å². The van der Waals surface area contributed by atoms with E-state index in [4.69, 9.17) is 11.6 Å². The Balaban J connectivity index is 1.70. The second-order valence-corrected chi connectivity index (χ2v) is 6.79. The van der Waals surface area contributed by atoms with Gasteiger partial charge < -0.3 is 5.32 Å². The van der Waals surface area contributed by atoms with E-state index in [1.54, 1.807) is 11.3 Å². The van der Waals surface area contributed by atoms with Crippen molar-refractivity contribution < 1.29 is 0 Å². The molecule has 0 atom stereocenters. The SMILES string of the molecule is ClCC1(NCc2nc3ccccc3s2)CCCCC1. The number of fused-ring (bicyclic) bond motifs is 1. The van der Waals surface area contributed by atoms with Gasteiger partial charge in [-0.25, -0.2) is 4.98 Å². The Kier molecular flexibility index (Phi) is 4.06. The van der Waals surface area contributed by atoms with Crippen LogP contribution in [0, 0.1) is 0 Å². The third-order valence-corrected chi connectivity index (χ3v) is 5.57. The second-order valence-electron chi connectivity index (χ2n) is 5.40. The monoisotopic (exact) mass is 294 g/mol. The molecule has 1 aromatic heterocycles. The first-order valence-electron chi connectivity index (χ1n) is 6.97. The van der Waals surface area contributed by atoms with E-state index in [1.807, 2.05) is 6.07 Å². The molecule has 0 amide bonds. The molecule has 1 aliphatic rings. The number of halogens is 1. The molecule has 3 rings (SSSR count). The van der Waals surface area contributed by atoms with Crippen molar-refractivity contribution in [2.24, 2.45) is 0 Å². The van der Waals surface area contributed by atoms with Crippen LogP contribution < -0.4 is 5.32 Å². The molecule has 0 spiro atoms. The third-order valence-electron chi connectivity index (χ3n) is 4.02. The molecule has 1 aromatic carbocycles. The van der Waals surface area contributed by atoms with Gasteiger partial charge in [-0.1, -0.05) is 31.4 Å². The Morgan fingerprint density at radius 2 is 2.00 bits per heavy atom. The Bertz CT molecular complexity index is 513. The number of aromatic nitrogens is 1. The molecule has 1 heterocycles. The van der Waals surface area contributed by atoms with Gasteiger partial charge in [-0.3, -0.25) is 0 Å². The minimum Gasteiger partial charge on any atom is -0.304 e. The fourth-order valence-corrected chi connectivity index (χ4v) is 4.11. The molecule has 0 radical (unpaired) electrons. The average Bonchev–Trinajstić information content (AvgIpc) is 2.89. The smallest absolute Gasteiger partial charge is 0.108 e. The van der Waals surface area contributed by atoms with Crippen molar-refractivity contribution in [3.8, 4) is 0 Å². The zero-order valence-corrected chi connectivity index (χ0v) is 12.6. The highest BCUT2D eigenvalue weighted by Gasteiger charge is 2.30. The van der Waals surface area contributed by atoms with E-state index in [2.05, 4.69) is 28.5 Å². The highest BCUT2D eigenvalue weighted by molar-refractivity contribution is 7.18. The summed E-state index contributed by atoms with van der Waals surface area (Å²) in [6.45, 7) is 0.839. The number of hydrogen-bond acceptors (Lipinski definition) is 3. The Labute approximate surface area is 123 Å². The molecule has 2 nitrogen and oxygen atoms in total. The third kappa shape index (κ3) is 2.93. The Morgan fingerprint density at radius 3 is 2.74 bits per heavy atom. The fraction of sp³-hybridized carbons (Fsp3) is 0.533. The van der Waals surface area contributed by atoms with Crippen molar-refractivity contribution in [1.82, 2.24) is 10.3 Å². The molecular formula is C15H19ClN2S. The largest absolute Gasteiger partial charge is 0.304 e. The van der Waals surface area contributed by atoms with Gasteiger partial charge in [0.05, 0.1) is 10.2 Å². The minimum absolute atomic E-state index is 0.137. The number of para-hydroxylation sites is 1. The topological polar surface area (TPSA) is 24.9 Å². The standard InChI is InChI=1S/C15H19ClN2S/c16-11-15(8-4-1-5-9-15)17-10-14-18-12-6-2-3-7-13(12)19-14/h2-3,6-7,17H,1,4-5,8-11H2. The van der Waals surface area contributed by atoms with E-state index in [-0.39, 0.29) is 5.54 Å². The van der Waals surface area contributed by atoms with Gasteiger partial charge in [-0.15, -0.1) is 22.9 Å². The summed E-state index contributed by atoms with van der Waals surface area (Å²) in [5, 5.41) is 4.84. The number of alkyl halides is 1. The van der Waals surface area contributed by atoms with Crippen LogP contribution in [0.1, 0.15) is 37.1 Å². The van der Waals surface area contributed by atoms with Gasteiger partial charge in [0.25, 0.3) is 0 Å². The minimum atomic E-state index is 0.137. The summed E-state index contributed by atoms with van der Waals surface area (Å²) in [6, 6.07) is 8.32. The molecule has 1 N–H and O–H groups in total. The zero-order chi connectivity index (χ0) is 13.1. The van der Waals surface area contributed by atoms with Gasteiger partial charge in [-0.2, -0.15) is 0 Å². The molecule has 2 aromatic rings. The summed E-state index contributed by atoms with van der Waals surface area (Å²) in [7, 11) is 0. The quantitative estimate of drug-likeness (QED) is 0.849. The normalized spacial score (nSPS) is 18.8. The van der Waals surface area contributed by atoms with Gasteiger partial charge in [-0.05, 0) is 25.0 Å². The molecule has 4 heteroatoms. The molecule has 0 bridgehead atoms. The lowest BCUT2D eigenvalue weighted by atomic mass is 9.83. The van der Waals surface area contributed by atoms with Crippen LogP contribution in [-0.4, -0.2) is 16.4 Å². The van der Waals surface area contributed by atoms with Crippen LogP contribution >= 0.6 is 22.9 Å². The van der Waals surface area contributed by atoms with E-state index in [9.17, 15) is 0 Å². The number of benzene rings is 1. The molecule has 1 aliphatic carbocycles. The van der Waals surface area contributed by atoms with Crippen molar-refractivity contribution in [1.29, 1.82) is 0 Å². The fourth-order valence-electron chi connectivity index (χ4n) is 2.84. The number of nitrogens with one attached hydrogen (secondary N) is 1. The summed E-state index contributed by atoms with van der Waals surface area (Å²) in [5.41, 5.74) is 1.24. The predicted molar refractivity (Wildman–Crippen MR) is 83.0 cm³/mol. The summed E-state index contributed by atoms with van der Waals surface area (Å²) in [4.78, 5) is 4.68. The molecule has 1 saturated carbocycles. The lowest BCUT2D eigenvalue weighted by Crippen LogP contribution is -2.48. The van der Waals surface area contributed by atoms with E-state index >= 15 is 0 Å². The first-order valence-corrected chi connectivity index (χ1v) is 8.32. The molecule has 0 unspecified atom stereocenters. The van der Waals surface area contributed by atoms with E-state index < -0.39 is 0 Å². The summed E-state index contributed by atoms with van der Waals surface area (Å²) in [5.74, 6) is 0.706. The van der Waals surface area contributed by atoms with Crippen LogP contribution in [0.25, 0.3) is 10.2 Å².